The lowest BCUT2D eigenvalue weighted by Crippen LogP contribution is -2.44. The molecule has 2 aromatic heterocycles. The van der Waals surface area contributed by atoms with Gasteiger partial charge in [-0.1, -0.05) is 20.8 Å². The van der Waals surface area contributed by atoms with E-state index in [1.54, 1.807) is 17.0 Å². The number of aliphatic hydroxyl groups is 2. The smallest absolute Gasteiger partial charge is 0.192 e. The molecule has 3 heterocycles. The van der Waals surface area contributed by atoms with Gasteiger partial charge in [-0.3, -0.25) is 0 Å². The van der Waals surface area contributed by atoms with Crippen LogP contribution in [0.25, 0.3) is 11.0 Å². The third-order valence-corrected chi connectivity index (χ3v) is 9.90. The van der Waals surface area contributed by atoms with Gasteiger partial charge in [0, 0.05) is 17.8 Å². The monoisotopic (exact) mass is 365 g/mol. The Morgan fingerprint density at radius 2 is 2.00 bits per heavy atom. The second-order valence-corrected chi connectivity index (χ2v) is 13.0. The largest absolute Gasteiger partial charge is 0.414 e. The first-order valence-electron chi connectivity index (χ1n) is 8.54. The van der Waals surface area contributed by atoms with E-state index in [9.17, 15) is 10.2 Å². The van der Waals surface area contributed by atoms with Crippen LogP contribution in [0.15, 0.2) is 24.8 Å². The standard InChI is InChI=1S/C17H27N3O4Si/c1-17(2,3)25(4,5)23-9-12-13(21)14(22)16(24-12)20-7-6-11-8-18-10-19-15(11)20/h6-8,10,12-14,16,21-22H,9H2,1-5H3/t12-,13-,14-,16-/m1/s1. The molecular weight excluding hydrogens is 338 g/mol. The highest BCUT2D eigenvalue weighted by molar-refractivity contribution is 6.74. The van der Waals surface area contributed by atoms with Crippen LogP contribution in [0.4, 0.5) is 0 Å². The first kappa shape index (κ1) is 18.5. The van der Waals surface area contributed by atoms with Gasteiger partial charge in [-0.05, 0) is 24.2 Å². The zero-order valence-corrected chi connectivity index (χ0v) is 16.4. The summed E-state index contributed by atoms with van der Waals surface area (Å²) in [6.07, 6.45) is 1.62. The molecule has 138 valence electrons. The molecule has 7 nitrogen and oxygen atoms in total. The van der Waals surface area contributed by atoms with E-state index in [0.29, 0.717) is 5.65 Å². The minimum absolute atomic E-state index is 0.0716. The predicted molar refractivity (Wildman–Crippen MR) is 96.6 cm³/mol. The molecule has 3 rings (SSSR count). The molecule has 2 aromatic rings. The third kappa shape index (κ3) is 3.36. The molecule has 4 atom stereocenters. The van der Waals surface area contributed by atoms with Crippen molar-refractivity contribution in [2.24, 2.45) is 0 Å². The highest BCUT2D eigenvalue weighted by Crippen LogP contribution is 2.38. The lowest BCUT2D eigenvalue weighted by atomic mass is 10.1. The topological polar surface area (TPSA) is 89.6 Å². The number of ether oxygens (including phenoxy) is 1. The quantitative estimate of drug-likeness (QED) is 0.806. The lowest BCUT2D eigenvalue weighted by molar-refractivity contribution is -0.0488. The fourth-order valence-electron chi connectivity index (χ4n) is 2.71. The van der Waals surface area contributed by atoms with E-state index in [2.05, 4.69) is 43.8 Å². The Hall–Kier alpha value is -1.32. The zero-order valence-electron chi connectivity index (χ0n) is 15.4. The molecule has 0 aromatic carbocycles. The molecule has 25 heavy (non-hydrogen) atoms. The molecule has 1 saturated heterocycles. The summed E-state index contributed by atoms with van der Waals surface area (Å²) in [5.41, 5.74) is 0.664. The summed E-state index contributed by atoms with van der Waals surface area (Å²) in [4.78, 5) is 8.23. The van der Waals surface area contributed by atoms with E-state index < -0.39 is 32.9 Å². The van der Waals surface area contributed by atoms with Gasteiger partial charge in [0.05, 0.1) is 6.61 Å². The molecule has 0 bridgehead atoms. The molecular formula is C17H27N3O4Si. The van der Waals surface area contributed by atoms with E-state index in [0.717, 1.165) is 5.39 Å². The molecule has 1 aliphatic heterocycles. The number of fused-ring (bicyclic) bond motifs is 1. The van der Waals surface area contributed by atoms with Crippen molar-refractivity contribution >= 4 is 19.4 Å². The Morgan fingerprint density at radius 1 is 1.28 bits per heavy atom. The molecule has 8 heteroatoms. The Balaban J connectivity index is 1.75. The van der Waals surface area contributed by atoms with Gasteiger partial charge >= 0.3 is 0 Å². The predicted octanol–water partition coefficient (Wildman–Crippen LogP) is 2.07. The van der Waals surface area contributed by atoms with Crippen molar-refractivity contribution in [3.8, 4) is 0 Å². The van der Waals surface area contributed by atoms with Gasteiger partial charge in [-0.2, -0.15) is 0 Å². The summed E-state index contributed by atoms with van der Waals surface area (Å²) >= 11 is 0. The Labute approximate surface area is 148 Å². The fraction of sp³-hybridized carbons (Fsp3) is 0.647. The van der Waals surface area contributed by atoms with Crippen molar-refractivity contribution in [3.63, 3.8) is 0 Å². The normalized spacial score (nSPS) is 28.0. The van der Waals surface area contributed by atoms with Gasteiger partial charge in [0.15, 0.2) is 14.5 Å². The minimum Gasteiger partial charge on any atom is -0.414 e. The van der Waals surface area contributed by atoms with Crippen molar-refractivity contribution in [3.05, 3.63) is 24.8 Å². The van der Waals surface area contributed by atoms with Crippen molar-refractivity contribution < 1.29 is 19.4 Å². The van der Waals surface area contributed by atoms with Crippen LogP contribution in [0.2, 0.25) is 18.1 Å². The maximum Gasteiger partial charge on any atom is 0.192 e. The lowest BCUT2D eigenvalue weighted by Gasteiger charge is -2.37. The van der Waals surface area contributed by atoms with Gasteiger partial charge in [0.25, 0.3) is 0 Å². The Bertz CT molecular complexity index is 743. The summed E-state index contributed by atoms with van der Waals surface area (Å²) in [5.74, 6) is 0. The molecule has 2 N–H and O–H groups in total. The van der Waals surface area contributed by atoms with Crippen LogP contribution >= 0.6 is 0 Å². The molecule has 0 aliphatic carbocycles. The van der Waals surface area contributed by atoms with Gasteiger partial charge in [-0.25, -0.2) is 9.97 Å². The molecule has 0 radical (unpaired) electrons. The number of nitrogens with zero attached hydrogens (tertiary/aromatic N) is 3. The van der Waals surface area contributed by atoms with Crippen LogP contribution in [0.3, 0.4) is 0 Å². The van der Waals surface area contributed by atoms with E-state index in [1.165, 1.54) is 6.33 Å². The Kier molecular flexibility index (Phi) is 4.76. The molecule has 0 spiro atoms. The number of aromatic nitrogens is 3. The van der Waals surface area contributed by atoms with Crippen LogP contribution < -0.4 is 0 Å². The first-order chi connectivity index (χ1) is 11.6. The van der Waals surface area contributed by atoms with E-state index in [-0.39, 0.29) is 11.6 Å². The van der Waals surface area contributed by atoms with E-state index in [4.69, 9.17) is 9.16 Å². The second-order valence-electron chi connectivity index (χ2n) is 8.14. The minimum atomic E-state index is -1.96. The summed E-state index contributed by atoms with van der Waals surface area (Å²) in [7, 11) is -1.96. The Morgan fingerprint density at radius 3 is 2.68 bits per heavy atom. The second kappa shape index (κ2) is 6.44. The van der Waals surface area contributed by atoms with Gasteiger partial charge < -0.3 is 23.9 Å². The summed E-state index contributed by atoms with van der Waals surface area (Å²) in [6.45, 7) is 11.0. The fourth-order valence-corrected chi connectivity index (χ4v) is 3.72. The average Bonchev–Trinajstić information content (AvgIpc) is 3.07. The number of rotatable bonds is 4. The van der Waals surface area contributed by atoms with Gasteiger partial charge in [-0.15, -0.1) is 0 Å². The summed E-state index contributed by atoms with van der Waals surface area (Å²) < 4.78 is 13.8. The van der Waals surface area contributed by atoms with Crippen molar-refractivity contribution in [2.45, 2.75) is 63.4 Å². The van der Waals surface area contributed by atoms with Crippen molar-refractivity contribution in [2.75, 3.05) is 6.61 Å². The van der Waals surface area contributed by atoms with Gasteiger partial charge in [0.1, 0.15) is 30.3 Å². The third-order valence-electron chi connectivity index (χ3n) is 5.40. The maximum absolute atomic E-state index is 10.5. The van der Waals surface area contributed by atoms with Crippen LogP contribution in [-0.2, 0) is 9.16 Å². The summed E-state index contributed by atoms with van der Waals surface area (Å²) in [6, 6.07) is 1.86. The van der Waals surface area contributed by atoms with E-state index >= 15 is 0 Å². The van der Waals surface area contributed by atoms with Crippen molar-refractivity contribution in [1.29, 1.82) is 0 Å². The molecule has 0 saturated carbocycles. The van der Waals surface area contributed by atoms with Crippen LogP contribution in [0.1, 0.15) is 27.0 Å². The van der Waals surface area contributed by atoms with Crippen LogP contribution in [0.5, 0.6) is 0 Å². The van der Waals surface area contributed by atoms with Crippen LogP contribution in [-0.4, -0.2) is 58.0 Å². The SMILES string of the molecule is CC(C)(C)[Si](C)(C)OC[C@H]1O[C@@H](n2ccc3cncnc32)[C@H](O)[C@@H]1O. The highest BCUT2D eigenvalue weighted by atomic mass is 28.4. The van der Waals surface area contributed by atoms with Gasteiger partial charge in [0.2, 0.25) is 0 Å². The molecule has 0 amide bonds. The van der Waals surface area contributed by atoms with Crippen molar-refractivity contribution in [1.82, 2.24) is 14.5 Å². The van der Waals surface area contributed by atoms with E-state index in [1.807, 2.05) is 6.07 Å². The van der Waals surface area contributed by atoms with Crippen LogP contribution in [0, 0.1) is 0 Å². The number of hydrogen-bond acceptors (Lipinski definition) is 6. The highest BCUT2D eigenvalue weighted by Gasteiger charge is 2.46. The summed E-state index contributed by atoms with van der Waals surface area (Å²) in [5, 5.41) is 21.8. The average molecular weight is 366 g/mol. The zero-order chi connectivity index (χ0) is 18.4. The molecule has 1 fully saturated rings. The molecule has 0 unspecified atom stereocenters. The first-order valence-corrected chi connectivity index (χ1v) is 11.4. The molecule has 1 aliphatic rings. The number of hydrogen-bond donors (Lipinski definition) is 2. The maximum atomic E-state index is 10.5. The number of aliphatic hydroxyl groups excluding tert-OH is 2.